The Kier molecular flexibility index (Phi) is 6.60. The Morgan fingerprint density at radius 3 is 2.31 bits per heavy atom. The molecule has 6 nitrogen and oxygen atoms in total. The van der Waals surface area contributed by atoms with Crippen molar-refractivity contribution < 1.29 is 9.59 Å². The second-order valence-corrected chi connectivity index (χ2v) is 7.69. The minimum atomic E-state index is -0.368. The Bertz CT molecular complexity index is 1200. The summed E-state index contributed by atoms with van der Waals surface area (Å²) in [6.45, 7) is 2.58. The fourth-order valence-electron chi connectivity index (χ4n) is 3.72. The molecule has 3 aromatic carbocycles. The molecule has 0 spiro atoms. The van der Waals surface area contributed by atoms with Gasteiger partial charge in [0.05, 0.1) is 17.1 Å². The van der Waals surface area contributed by atoms with Gasteiger partial charge in [0.25, 0.3) is 5.91 Å². The van der Waals surface area contributed by atoms with Crippen molar-refractivity contribution in [2.24, 2.45) is 0 Å². The highest BCUT2D eigenvalue weighted by Crippen LogP contribution is 2.21. The fraction of sp³-hybridized carbons (Fsp3) is 0.192. The summed E-state index contributed by atoms with van der Waals surface area (Å²) in [6.07, 6.45) is 0.771. The van der Waals surface area contributed by atoms with Crippen molar-refractivity contribution in [3.63, 3.8) is 0 Å². The van der Waals surface area contributed by atoms with Gasteiger partial charge in [-0.25, -0.2) is 4.98 Å². The molecule has 32 heavy (non-hydrogen) atoms. The van der Waals surface area contributed by atoms with Crippen LogP contribution in [0.4, 0.5) is 0 Å². The van der Waals surface area contributed by atoms with Crippen LogP contribution in [-0.4, -0.2) is 27.9 Å². The van der Waals surface area contributed by atoms with Gasteiger partial charge in [-0.05, 0) is 43.2 Å². The average molecular weight is 427 g/mol. The monoisotopic (exact) mass is 426 g/mol. The molecule has 1 unspecified atom stereocenters. The maximum absolute atomic E-state index is 12.7. The predicted molar refractivity (Wildman–Crippen MR) is 125 cm³/mol. The van der Waals surface area contributed by atoms with Crippen molar-refractivity contribution in [1.29, 1.82) is 0 Å². The molecule has 0 bridgehead atoms. The van der Waals surface area contributed by atoms with E-state index in [0.29, 0.717) is 17.9 Å². The van der Waals surface area contributed by atoms with E-state index < -0.39 is 0 Å². The highest BCUT2D eigenvalue weighted by molar-refractivity contribution is 5.94. The molecule has 0 aliphatic carbocycles. The normalized spacial score (nSPS) is 11.8. The summed E-state index contributed by atoms with van der Waals surface area (Å²) >= 11 is 0. The molecule has 2 amide bonds. The van der Waals surface area contributed by atoms with Gasteiger partial charge in [-0.3, -0.25) is 9.59 Å². The summed E-state index contributed by atoms with van der Waals surface area (Å²) in [5.74, 6) is 0.379. The number of hydrogen-bond acceptors (Lipinski definition) is 3. The molecule has 0 aliphatic rings. The number of amides is 2. The van der Waals surface area contributed by atoms with Crippen LogP contribution in [0.5, 0.6) is 0 Å². The second-order valence-electron chi connectivity index (χ2n) is 7.69. The molecule has 0 radical (unpaired) electrons. The van der Waals surface area contributed by atoms with Gasteiger partial charge in [0.2, 0.25) is 5.91 Å². The highest BCUT2D eigenvalue weighted by Gasteiger charge is 2.20. The van der Waals surface area contributed by atoms with Crippen LogP contribution in [0.15, 0.2) is 84.9 Å². The van der Waals surface area contributed by atoms with Crippen LogP contribution < -0.4 is 10.6 Å². The molecule has 4 aromatic rings. The Balaban J connectivity index is 1.48. The van der Waals surface area contributed by atoms with E-state index in [1.165, 1.54) is 5.56 Å². The van der Waals surface area contributed by atoms with Crippen LogP contribution in [0.25, 0.3) is 11.0 Å². The lowest BCUT2D eigenvalue weighted by atomic mass is 10.1. The largest absolute Gasteiger partial charge is 0.354 e. The van der Waals surface area contributed by atoms with E-state index in [-0.39, 0.29) is 24.4 Å². The lowest BCUT2D eigenvalue weighted by molar-refractivity contribution is -0.121. The molecule has 1 atom stereocenters. The van der Waals surface area contributed by atoms with Crippen LogP contribution in [0.1, 0.15) is 34.7 Å². The molecule has 4 rings (SSSR count). The number of imidazole rings is 1. The Hall–Kier alpha value is -3.93. The first-order valence-electron chi connectivity index (χ1n) is 10.7. The van der Waals surface area contributed by atoms with E-state index in [4.69, 9.17) is 4.98 Å². The maximum atomic E-state index is 12.7. The SMILES string of the molecule is CC(NC(=O)c1ccccc1)c1nc2ccccc2n1CC(=O)NCCc1ccccc1. The predicted octanol–water partition coefficient (Wildman–Crippen LogP) is 3.89. The number of carbonyl (C=O) groups excluding carboxylic acids is 2. The summed E-state index contributed by atoms with van der Waals surface area (Å²) in [6, 6.07) is 26.4. The topological polar surface area (TPSA) is 76.0 Å². The first-order chi connectivity index (χ1) is 15.6. The molecule has 6 heteroatoms. The molecule has 162 valence electrons. The van der Waals surface area contributed by atoms with Crippen molar-refractivity contribution in [2.45, 2.75) is 25.9 Å². The molecule has 0 fully saturated rings. The zero-order chi connectivity index (χ0) is 22.3. The van der Waals surface area contributed by atoms with Gasteiger partial charge in [-0.2, -0.15) is 0 Å². The lowest BCUT2D eigenvalue weighted by Crippen LogP contribution is -2.32. The summed E-state index contributed by atoms with van der Waals surface area (Å²) in [7, 11) is 0. The third-order valence-electron chi connectivity index (χ3n) is 5.34. The van der Waals surface area contributed by atoms with Crippen LogP contribution in [0.2, 0.25) is 0 Å². The minimum absolute atomic E-state index is 0.0908. The van der Waals surface area contributed by atoms with Crippen molar-refractivity contribution >= 4 is 22.8 Å². The number of carbonyl (C=O) groups is 2. The second kappa shape index (κ2) is 9.92. The van der Waals surface area contributed by atoms with E-state index in [1.807, 2.05) is 84.3 Å². The number of nitrogens with one attached hydrogen (secondary N) is 2. The first kappa shape index (κ1) is 21.3. The van der Waals surface area contributed by atoms with Crippen molar-refractivity contribution in [3.8, 4) is 0 Å². The molecule has 0 saturated carbocycles. The molecule has 0 aliphatic heterocycles. The van der Waals surface area contributed by atoms with Crippen LogP contribution in [-0.2, 0) is 17.8 Å². The molecular weight excluding hydrogens is 400 g/mol. The van der Waals surface area contributed by atoms with Gasteiger partial charge in [-0.1, -0.05) is 60.7 Å². The Morgan fingerprint density at radius 1 is 0.906 bits per heavy atom. The van der Waals surface area contributed by atoms with Crippen molar-refractivity contribution in [2.75, 3.05) is 6.54 Å². The standard InChI is InChI=1S/C26H26N4O2/c1-19(28-26(32)21-12-6-3-7-13-21)25-29-22-14-8-9-15-23(22)30(25)18-24(31)27-17-16-20-10-4-2-5-11-20/h2-15,19H,16-18H2,1H3,(H,27,31)(H,28,32). The van der Waals surface area contributed by atoms with Crippen LogP contribution in [0.3, 0.4) is 0 Å². The van der Waals surface area contributed by atoms with E-state index in [1.54, 1.807) is 12.1 Å². The Morgan fingerprint density at radius 2 is 1.56 bits per heavy atom. The molecule has 2 N–H and O–H groups in total. The van der Waals surface area contributed by atoms with E-state index in [9.17, 15) is 9.59 Å². The molecule has 1 heterocycles. The van der Waals surface area contributed by atoms with Gasteiger partial charge >= 0.3 is 0 Å². The lowest BCUT2D eigenvalue weighted by Gasteiger charge is -2.16. The third-order valence-corrected chi connectivity index (χ3v) is 5.34. The number of hydrogen-bond donors (Lipinski definition) is 2. The Labute approximate surface area is 187 Å². The number of fused-ring (bicyclic) bond motifs is 1. The smallest absolute Gasteiger partial charge is 0.251 e. The summed E-state index contributed by atoms with van der Waals surface area (Å²) < 4.78 is 1.88. The molecule has 0 saturated heterocycles. The zero-order valence-corrected chi connectivity index (χ0v) is 18.0. The van der Waals surface area contributed by atoms with E-state index >= 15 is 0 Å². The number of aromatic nitrogens is 2. The van der Waals surface area contributed by atoms with Gasteiger partial charge in [0.15, 0.2) is 0 Å². The van der Waals surface area contributed by atoms with E-state index in [0.717, 1.165) is 17.5 Å². The maximum Gasteiger partial charge on any atom is 0.251 e. The molecular formula is C26H26N4O2. The van der Waals surface area contributed by atoms with Gasteiger partial charge in [-0.15, -0.1) is 0 Å². The first-order valence-corrected chi connectivity index (χ1v) is 10.7. The summed E-state index contributed by atoms with van der Waals surface area (Å²) in [4.78, 5) is 30.0. The zero-order valence-electron chi connectivity index (χ0n) is 18.0. The fourth-order valence-corrected chi connectivity index (χ4v) is 3.72. The number of para-hydroxylation sites is 2. The molecule has 1 aromatic heterocycles. The van der Waals surface area contributed by atoms with Crippen molar-refractivity contribution in [3.05, 3.63) is 102 Å². The third kappa shape index (κ3) is 5.03. The minimum Gasteiger partial charge on any atom is -0.354 e. The van der Waals surface area contributed by atoms with Crippen LogP contribution >= 0.6 is 0 Å². The number of benzene rings is 3. The highest BCUT2D eigenvalue weighted by atomic mass is 16.2. The summed E-state index contributed by atoms with van der Waals surface area (Å²) in [5, 5.41) is 5.99. The van der Waals surface area contributed by atoms with Crippen molar-refractivity contribution in [1.82, 2.24) is 20.2 Å². The van der Waals surface area contributed by atoms with E-state index in [2.05, 4.69) is 10.6 Å². The van der Waals surface area contributed by atoms with Gasteiger partial charge < -0.3 is 15.2 Å². The van der Waals surface area contributed by atoms with Gasteiger partial charge in [0, 0.05) is 12.1 Å². The van der Waals surface area contributed by atoms with Crippen LogP contribution in [0, 0.1) is 0 Å². The summed E-state index contributed by atoms with van der Waals surface area (Å²) in [5.41, 5.74) is 3.42. The number of rotatable bonds is 8. The quantitative estimate of drug-likeness (QED) is 0.449. The van der Waals surface area contributed by atoms with Gasteiger partial charge in [0.1, 0.15) is 12.4 Å². The number of nitrogens with zero attached hydrogens (tertiary/aromatic N) is 2. The average Bonchev–Trinajstić information content (AvgIpc) is 3.19.